The summed E-state index contributed by atoms with van der Waals surface area (Å²) in [7, 11) is 0. The molecule has 1 amide bonds. The zero-order valence-corrected chi connectivity index (χ0v) is 24.1. The summed E-state index contributed by atoms with van der Waals surface area (Å²) in [5.41, 5.74) is 2.19. The lowest BCUT2D eigenvalue weighted by molar-refractivity contribution is 0.0376. The fraction of sp³-hybridized carbons (Fsp3) is 0.500. The van der Waals surface area contributed by atoms with Gasteiger partial charge in [-0.3, -0.25) is 14.6 Å². The molecular weight excluding hydrogens is 526 g/mol. The first-order valence-corrected chi connectivity index (χ1v) is 14.4. The predicted molar refractivity (Wildman–Crippen MR) is 153 cm³/mol. The average molecular weight is 562 g/mol. The van der Waals surface area contributed by atoms with Gasteiger partial charge in [0, 0.05) is 36.8 Å². The quantitative estimate of drug-likeness (QED) is 0.276. The third kappa shape index (κ3) is 6.51. The molecule has 1 aromatic heterocycles. The Bertz CT molecular complexity index is 1220. The number of hydrogen-bond acceptors (Lipinski definition) is 8. The highest BCUT2D eigenvalue weighted by atomic mass is 35.5. The normalized spacial score (nSPS) is 14.0. The molecule has 0 unspecified atom stereocenters. The zero-order valence-electron chi connectivity index (χ0n) is 22.5. The highest BCUT2D eigenvalue weighted by Gasteiger charge is 2.26. The van der Waals surface area contributed by atoms with Crippen LogP contribution in [0.2, 0.25) is 5.02 Å². The topological polar surface area (TPSA) is 73.4 Å². The number of amides is 1. The van der Waals surface area contributed by atoms with Crippen LogP contribution in [0.5, 0.6) is 17.2 Å². The summed E-state index contributed by atoms with van der Waals surface area (Å²) in [4.78, 5) is 23.1. The second-order valence-corrected chi connectivity index (χ2v) is 10.3. The number of rotatable bonds is 12. The van der Waals surface area contributed by atoms with E-state index in [-0.39, 0.29) is 5.91 Å². The number of nitrogens with zero attached hydrogens (tertiary/aromatic N) is 3. The van der Waals surface area contributed by atoms with Gasteiger partial charge in [-0.1, -0.05) is 22.9 Å². The van der Waals surface area contributed by atoms with Crippen LogP contribution in [-0.2, 0) is 4.74 Å². The van der Waals surface area contributed by atoms with Gasteiger partial charge in [-0.15, -0.1) is 0 Å². The van der Waals surface area contributed by atoms with Crippen LogP contribution in [0, 0.1) is 6.92 Å². The number of ether oxygens (including phenoxy) is 4. The van der Waals surface area contributed by atoms with Gasteiger partial charge in [-0.05, 0) is 63.9 Å². The summed E-state index contributed by atoms with van der Waals surface area (Å²) >= 11 is 7.86. The van der Waals surface area contributed by atoms with E-state index in [1.165, 1.54) is 11.3 Å². The molecule has 0 atom stereocenters. The zero-order chi connectivity index (χ0) is 27.1. The van der Waals surface area contributed by atoms with E-state index in [9.17, 15) is 4.79 Å². The molecule has 0 aliphatic carbocycles. The fourth-order valence-corrected chi connectivity index (χ4v) is 5.64. The molecule has 1 aliphatic rings. The van der Waals surface area contributed by atoms with Gasteiger partial charge in [0.25, 0.3) is 5.91 Å². The Labute approximate surface area is 233 Å². The van der Waals surface area contributed by atoms with Gasteiger partial charge in [0.15, 0.2) is 16.6 Å². The minimum Gasteiger partial charge on any atom is -0.490 e. The number of benzene rings is 2. The largest absolute Gasteiger partial charge is 0.490 e. The molecule has 0 N–H and O–H groups in total. The van der Waals surface area contributed by atoms with Crippen molar-refractivity contribution in [3.8, 4) is 17.2 Å². The Kier molecular flexibility index (Phi) is 10.1. The summed E-state index contributed by atoms with van der Waals surface area (Å²) < 4.78 is 24.0. The molecule has 1 saturated heterocycles. The van der Waals surface area contributed by atoms with Gasteiger partial charge in [0.05, 0.1) is 43.3 Å². The fourth-order valence-electron chi connectivity index (χ4n) is 4.43. The number of halogens is 1. The second-order valence-electron chi connectivity index (χ2n) is 8.88. The van der Waals surface area contributed by atoms with E-state index in [2.05, 4.69) is 4.90 Å². The summed E-state index contributed by atoms with van der Waals surface area (Å²) in [6.45, 7) is 13.7. The Morgan fingerprint density at radius 1 is 1.08 bits per heavy atom. The van der Waals surface area contributed by atoms with E-state index in [0.29, 0.717) is 59.3 Å². The molecule has 2 aromatic carbocycles. The van der Waals surface area contributed by atoms with Crippen molar-refractivity contribution in [3.05, 3.63) is 40.4 Å². The van der Waals surface area contributed by atoms with Crippen molar-refractivity contribution in [2.45, 2.75) is 34.1 Å². The van der Waals surface area contributed by atoms with Crippen molar-refractivity contribution in [2.24, 2.45) is 0 Å². The van der Waals surface area contributed by atoms with Crippen molar-refractivity contribution in [1.29, 1.82) is 0 Å². The van der Waals surface area contributed by atoms with Crippen molar-refractivity contribution in [3.63, 3.8) is 0 Å². The van der Waals surface area contributed by atoms with Crippen LogP contribution in [0.3, 0.4) is 0 Å². The molecule has 4 rings (SSSR count). The maximum absolute atomic E-state index is 14.1. The lowest BCUT2D eigenvalue weighted by atomic mass is 10.1. The number of anilines is 1. The lowest BCUT2D eigenvalue weighted by Gasteiger charge is -2.28. The Hall–Kier alpha value is -2.59. The minimum atomic E-state index is -0.167. The van der Waals surface area contributed by atoms with E-state index in [1.807, 2.05) is 39.8 Å². The first kappa shape index (κ1) is 28.4. The van der Waals surface area contributed by atoms with Gasteiger partial charge < -0.3 is 18.9 Å². The Balaban J connectivity index is 1.70. The first-order chi connectivity index (χ1) is 18.5. The summed E-state index contributed by atoms with van der Waals surface area (Å²) in [5, 5.41) is 1.30. The Morgan fingerprint density at radius 3 is 2.37 bits per heavy atom. The van der Waals surface area contributed by atoms with Gasteiger partial charge in [0.2, 0.25) is 5.75 Å². The standard InChI is InChI=1S/C28H36ClN3O5S/c1-5-35-22-17-20(18-23(36-6-2)26(22)37-7-3)27(33)32(12-8-11-31-13-15-34-16-14-31)28-30-25-19(4)21(29)9-10-24(25)38-28/h9-10,17-18H,5-8,11-16H2,1-4H3. The number of morpholine rings is 1. The van der Waals surface area contributed by atoms with Crippen molar-refractivity contribution >= 4 is 44.2 Å². The molecule has 2 heterocycles. The highest BCUT2D eigenvalue weighted by Crippen LogP contribution is 2.40. The number of aromatic nitrogens is 1. The Morgan fingerprint density at radius 2 is 1.74 bits per heavy atom. The molecule has 3 aromatic rings. The first-order valence-electron chi connectivity index (χ1n) is 13.2. The molecule has 8 nitrogen and oxygen atoms in total. The molecule has 206 valence electrons. The van der Waals surface area contributed by atoms with Crippen LogP contribution in [0.15, 0.2) is 24.3 Å². The molecule has 0 saturated carbocycles. The van der Waals surface area contributed by atoms with Crippen LogP contribution in [0.1, 0.15) is 43.1 Å². The summed E-state index contributed by atoms with van der Waals surface area (Å²) in [5.74, 6) is 1.32. The van der Waals surface area contributed by atoms with E-state index in [1.54, 1.807) is 17.0 Å². The highest BCUT2D eigenvalue weighted by molar-refractivity contribution is 7.22. The monoisotopic (exact) mass is 561 g/mol. The van der Waals surface area contributed by atoms with E-state index in [4.69, 9.17) is 35.5 Å². The minimum absolute atomic E-state index is 0.167. The maximum atomic E-state index is 14.1. The van der Waals surface area contributed by atoms with Gasteiger partial charge >= 0.3 is 0 Å². The van der Waals surface area contributed by atoms with Crippen LogP contribution < -0.4 is 19.1 Å². The van der Waals surface area contributed by atoms with Gasteiger partial charge in [-0.2, -0.15) is 0 Å². The van der Waals surface area contributed by atoms with Crippen LogP contribution >= 0.6 is 22.9 Å². The van der Waals surface area contributed by atoms with E-state index >= 15 is 0 Å². The molecule has 0 radical (unpaired) electrons. The van der Waals surface area contributed by atoms with Crippen molar-refractivity contribution in [1.82, 2.24) is 9.88 Å². The number of hydrogen-bond donors (Lipinski definition) is 0. The van der Waals surface area contributed by atoms with E-state index in [0.717, 1.165) is 55.0 Å². The van der Waals surface area contributed by atoms with Crippen LogP contribution in [0.25, 0.3) is 10.2 Å². The lowest BCUT2D eigenvalue weighted by Crippen LogP contribution is -2.39. The molecular formula is C28H36ClN3O5S. The smallest absolute Gasteiger partial charge is 0.260 e. The molecule has 0 spiro atoms. The average Bonchev–Trinajstić information content (AvgIpc) is 3.36. The van der Waals surface area contributed by atoms with Gasteiger partial charge in [-0.25, -0.2) is 4.98 Å². The van der Waals surface area contributed by atoms with Crippen LogP contribution in [0.4, 0.5) is 5.13 Å². The van der Waals surface area contributed by atoms with Crippen molar-refractivity contribution in [2.75, 3.05) is 64.1 Å². The predicted octanol–water partition coefficient (Wildman–Crippen LogP) is 5.82. The third-order valence-corrected chi connectivity index (χ3v) is 7.78. The number of carbonyl (C=O) groups excluding carboxylic acids is 1. The maximum Gasteiger partial charge on any atom is 0.260 e. The second kappa shape index (κ2) is 13.5. The number of fused-ring (bicyclic) bond motifs is 1. The van der Waals surface area contributed by atoms with Crippen molar-refractivity contribution < 1.29 is 23.7 Å². The number of carbonyl (C=O) groups is 1. The number of aryl methyl sites for hydroxylation is 1. The van der Waals surface area contributed by atoms with Crippen LogP contribution in [-0.4, -0.2) is 75.0 Å². The summed E-state index contributed by atoms with van der Waals surface area (Å²) in [6.07, 6.45) is 0.801. The molecule has 0 bridgehead atoms. The SMILES string of the molecule is CCOc1cc(C(=O)N(CCCN2CCOCC2)c2nc3c(C)c(Cl)ccc3s2)cc(OCC)c1OCC. The number of thiazole rings is 1. The van der Waals surface area contributed by atoms with E-state index < -0.39 is 0 Å². The molecule has 38 heavy (non-hydrogen) atoms. The molecule has 1 aliphatic heterocycles. The molecule has 1 fully saturated rings. The third-order valence-electron chi connectivity index (χ3n) is 6.33. The summed E-state index contributed by atoms with van der Waals surface area (Å²) in [6, 6.07) is 7.31. The van der Waals surface area contributed by atoms with Gasteiger partial charge in [0.1, 0.15) is 0 Å². The molecule has 10 heteroatoms.